The van der Waals surface area contributed by atoms with Crippen LogP contribution in [-0.2, 0) is 11.3 Å². The van der Waals surface area contributed by atoms with Crippen molar-refractivity contribution in [1.29, 1.82) is 0 Å². The second-order valence-electron chi connectivity index (χ2n) is 7.40. The maximum atomic E-state index is 12.2. The molecule has 1 aliphatic rings. The number of piperazine rings is 1. The average Bonchev–Trinajstić information content (AvgIpc) is 3.22. The Balaban J connectivity index is 1.40. The van der Waals surface area contributed by atoms with Gasteiger partial charge in [-0.3, -0.25) is 9.69 Å². The van der Waals surface area contributed by atoms with Crippen LogP contribution in [0.15, 0.2) is 60.0 Å². The van der Waals surface area contributed by atoms with Crippen LogP contribution in [0.3, 0.4) is 0 Å². The molecule has 1 aliphatic heterocycles. The number of benzene rings is 2. The predicted octanol–water partition coefficient (Wildman–Crippen LogP) is 2.74. The summed E-state index contributed by atoms with van der Waals surface area (Å²) in [5, 5.41) is 2.81. The van der Waals surface area contributed by atoms with E-state index in [2.05, 4.69) is 22.4 Å². The van der Waals surface area contributed by atoms with Crippen LogP contribution >= 0.6 is 11.3 Å². The van der Waals surface area contributed by atoms with E-state index in [9.17, 15) is 4.79 Å². The zero-order chi connectivity index (χ0) is 20.9. The molecule has 6 nitrogen and oxygen atoms in total. The lowest BCUT2D eigenvalue weighted by atomic mass is 10.2. The number of para-hydroxylation sites is 3. The smallest absolute Gasteiger partial charge is 0.230 e. The number of methoxy groups -OCH3 is 1. The first kappa shape index (κ1) is 20.4. The van der Waals surface area contributed by atoms with E-state index in [4.69, 9.17) is 9.72 Å². The summed E-state index contributed by atoms with van der Waals surface area (Å²) in [6.07, 6.45) is 0. The molecule has 30 heavy (non-hydrogen) atoms. The van der Waals surface area contributed by atoms with E-state index >= 15 is 0 Å². The van der Waals surface area contributed by atoms with Gasteiger partial charge in [-0.2, -0.15) is 0 Å². The van der Waals surface area contributed by atoms with Gasteiger partial charge in [0.05, 0.1) is 44.7 Å². The molecule has 0 saturated carbocycles. The van der Waals surface area contributed by atoms with E-state index in [1.165, 1.54) is 16.2 Å². The topological polar surface area (TPSA) is 50.1 Å². The molecule has 0 atom stereocenters. The van der Waals surface area contributed by atoms with Crippen LogP contribution in [0.1, 0.15) is 12.6 Å². The van der Waals surface area contributed by atoms with Crippen molar-refractivity contribution in [2.75, 3.05) is 43.1 Å². The molecule has 2 heterocycles. The van der Waals surface area contributed by atoms with Crippen LogP contribution in [-0.4, -0.2) is 44.2 Å². The highest BCUT2D eigenvalue weighted by Gasteiger charge is 2.24. The molecule has 3 aromatic rings. The van der Waals surface area contributed by atoms with Gasteiger partial charge in [0.1, 0.15) is 18.0 Å². The fraction of sp³-hybridized carbons (Fsp3) is 0.304. The second kappa shape index (κ2) is 9.28. The lowest BCUT2D eigenvalue weighted by molar-refractivity contribution is -0.914. The average molecular weight is 424 g/mol. The summed E-state index contributed by atoms with van der Waals surface area (Å²) in [5.41, 5.74) is 3.05. The number of rotatable bonds is 6. The molecule has 0 bridgehead atoms. The van der Waals surface area contributed by atoms with Crippen LogP contribution in [0.4, 0.5) is 16.5 Å². The van der Waals surface area contributed by atoms with Gasteiger partial charge in [-0.15, -0.1) is 11.3 Å². The van der Waals surface area contributed by atoms with Crippen molar-refractivity contribution in [2.24, 2.45) is 0 Å². The summed E-state index contributed by atoms with van der Waals surface area (Å²) in [6.45, 7) is 6.50. The molecule has 7 heteroatoms. The molecule has 1 amide bonds. The summed E-state index contributed by atoms with van der Waals surface area (Å²) in [6, 6.07) is 17.9. The van der Waals surface area contributed by atoms with Crippen LogP contribution in [0.5, 0.6) is 5.75 Å². The lowest BCUT2D eigenvalue weighted by Crippen LogP contribution is -3.13. The molecular weight excluding hydrogens is 396 g/mol. The fourth-order valence-electron chi connectivity index (χ4n) is 3.87. The van der Waals surface area contributed by atoms with Gasteiger partial charge in [-0.25, -0.2) is 4.98 Å². The predicted molar refractivity (Wildman–Crippen MR) is 121 cm³/mol. The Hall–Kier alpha value is -2.90. The minimum absolute atomic E-state index is 0.0279. The van der Waals surface area contributed by atoms with Gasteiger partial charge < -0.3 is 14.5 Å². The number of ether oxygens (including phenoxy) is 1. The zero-order valence-corrected chi connectivity index (χ0v) is 18.2. The molecule has 156 valence electrons. The highest BCUT2D eigenvalue weighted by Crippen LogP contribution is 2.29. The van der Waals surface area contributed by atoms with Crippen molar-refractivity contribution >= 4 is 33.8 Å². The first-order valence-electron chi connectivity index (χ1n) is 10.2. The van der Waals surface area contributed by atoms with Crippen LogP contribution in [0.25, 0.3) is 0 Å². The zero-order valence-electron chi connectivity index (χ0n) is 17.4. The molecule has 0 aliphatic carbocycles. The minimum Gasteiger partial charge on any atom is -0.495 e. The Kier molecular flexibility index (Phi) is 6.30. The molecule has 1 N–H and O–H groups in total. The molecular formula is C23H27N4O2S+. The summed E-state index contributed by atoms with van der Waals surface area (Å²) in [5.74, 6) is 0.898. The normalized spacial score (nSPS) is 14.5. The SMILES string of the molecule is COc1ccccc1N1CC[NH+](Cc2csc(N(C(C)=O)c3ccccc3)n2)CC1. The third-order valence-electron chi connectivity index (χ3n) is 5.39. The minimum atomic E-state index is -0.0279. The Morgan fingerprint density at radius 3 is 2.53 bits per heavy atom. The number of quaternary nitrogens is 1. The van der Waals surface area contributed by atoms with E-state index in [-0.39, 0.29) is 5.91 Å². The highest BCUT2D eigenvalue weighted by molar-refractivity contribution is 7.14. The third-order valence-corrected chi connectivity index (χ3v) is 6.26. The van der Waals surface area contributed by atoms with E-state index in [0.717, 1.165) is 60.7 Å². The van der Waals surface area contributed by atoms with E-state index in [1.54, 1.807) is 18.9 Å². The Bertz CT molecular complexity index is 984. The van der Waals surface area contributed by atoms with Gasteiger partial charge >= 0.3 is 0 Å². The number of carbonyl (C=O) groups excluding carboxylic acids is 1. The van der Waals surface area contributed by atoms with E-state index in [1.807, 2.05) is 42.5 Å². The quantitative estimate of drug-likeness (QED) is 0.662. The molecule has 1 aromatic heterocycles. The molecule has 4 rings (SSSR count). The van der Waals surface area contributed by atoms with E-state index in [0.29, 0.717) is 0 Å². The first-order chi connectivity index (χ1) is 14.7. The van der Waals surface area contributed by atoms with Crippen molar-refractivity contribution in [1.82, 2.24) is 4.98 Å². The number of amides is 1. The highest BCUT2D eigenvalue weighted by atomic mass is 32.1. The first-order valence-corrected chi connectivity index (χ1v) is 11.1. The summed E-state index contributed by atoms with van der Waals surface area (Å²) < 4.78 is 5.51. The number of nitrogens with zero attached hydrogens (tertiary/aromatic N) is 3. The number of anilines is 3. The Morgan fingerprint density at radius 2 is 1.83 bits per heavy atom. The molecule has 1 fully saturated rings. The second-order valence-corrected chi connectivity index (χ2v) is 8.23. The van der Waals surface area contributed by atoms with E-state index < -0.39 is 0 Å². The molecule has 0 spiro atoms. The molecule has 0 radical (unpaired) electrons. The molecule has 1 saturated heterocycles. The monoisotopic (exact) mass is 423 g/mol. The standard InChI is InChI=1S/C23H26N4O2S/c1-18(28)27(20-8-4-3-5-9-20)23-24-19(17-30-23)16-25-12-14-26(15-13-25)21-10-6-7-11-22(21)29-2/h3-11,17H,12-16H2,1-2H3/p+1. The maximum Gasteiger partial charge on any atom is 0.230 e. The number of hydrogen-bond donors (Lipinski definition) is 1. The largest absolute Gasteiger partial charge is 0.495 e. The maximum absolute atomic E-state index is 12.2. The van der Waals surface area contributed by atoms with Crippen LogP contribution < -0.4 is 19.4 Å². The summed E-state index contributed by atoms with van der Waals surface area (Å²) in [7, 11) is 1.72. The van der Waals surface area contributed by atoms with Crippen LogP contribution in [0.2, 0.25) is 0 Å². The lowest BCUT2D eigenvalue weighted by Gasteiger charge is -2.34. The number of nitrogens with one attached hydrogen (secondary N) is 1. The van der Waals surface area contributed by atoms with Gasteiger partial charge in [0.15, 0.2) is 5.13 Å². The van der Waals surface area contributed by atoms with Crippen molar-refractivity contribution in [3.05, 3.63) is 65.7 Å². The van der Waals surface area contributed by atoms with Crippen molar-refractivity contribution in [3.63, 3.8) is 0 Å². The van der Waals surface area contributed by atoms with Crippen molar-refractivity contribution in [3.8, 4) is 5.75 Å². The van der Waals surface area contributed by atoms with Gasteiger partial charge in [0.2, 0.25) is 5.91 Å². The summed E-state index contributed by atoms with van der Waals surface area (Å²) in [4.78, 5) is 22.6. The van der Waals surface area contributed by atoms with Gasteiger partial charge in [-0.1, -0.05) is 30.3 Å². The fourth-order valence-corrected chi connectivity index (χ4v) is 4.76. The van der Waals surface area contributed by atoms with Gasteiger partial charge in [0.25, 0.3) is 0 Å². The number of thiazole rings is 1. The number of hydrogen-bond acceptors (Lipinski definition) is 5. The third kappa shape index (κ3) is 4.47. The number of carbonyl (C=O) groups is 1. The van der Waals surface area contributed by atoms with Crippen molar-refractivity contribution < 1.29 is 14.4 Å². The van der Waals surface area contributed by atoms with Gasteiger partial charge in [-0.05, 0) is 24.3 Å². The van der Waals surface area contributed by atoms with Crippen molar-refractivity contribution in [2.45, 2.75) is 13.5 Å². The number of aromatic nitrogens is 1. The summed E-state index contributed by atoms with van der Waals surface area (Å²) >= 11 is 1.53. The molecule has 2 aromatic carbocycles. The van der Waals surface area contributed by atoms with Crippen LogP contribution in [0, 0.1) is 0 Å². The Labute approximate surface area is 181 Å². The van der Waals surface area contributed by atoms with Gasteiger partial charge in [0, 0.05) is 12.3 Å². The molecule has 0 unspecified atom stereocenters. The Morgan fingerprint density at radius 1 is 1.13 bits per heavy atom.